The van der Waals surface area contributed by atoms with Crippen LogP contribution in [0, 0.1) is 18.7 Å². The Balaban J connectivity index is 0.00000423. The minimum atomic E-state index is -1.57. The second-order valence-corrected chi connectivity index (χ2v) is 10.5. The van der Waals surface area contributed by atoms with E-state index >= 15 is 0 Å². The van der Waals surface area contributed by atoms with Gasteiger partial charge in [-0.2, -0.15) is 8.75 Å². The number of fused-ring (bicyclic) bond motifs is 1. The van der Waals surface area contributed by atoms with E-state index in [1.54, 1.807) is 31.2 Å². The number of methoxy groups -OCH3 is 3. The molecule has 0 aliphatic heterocycles. The molecule has 43 heavy (non-hydrogen) atoms. The van der Waals surface area contributed by atoms with E-state index in [0.29, 0.717) is 51.9 Å². The Morgan fingerprint density at radius 2 is 1.63 bits per heavy atom. The summed E-state index contributed by atoms with van der Waals surface area (Å²) in [5.41, 5.74) is 1.98. The van der Waals surface area contributed by atoms with Gasteiger partial charge in [0.05, 0.1) is 45.6 Å². The van der Waals surface area contributed by atoms with Crippen LogP contribution in [0.5, 0.6) is 23.0 Å². The number of Topliss-reactive ketones (excluding diaryl/α,β-unsaturated/α-hetero) is 1. The first-order valence-corrected chi connectivity index (χ1v) is 13.9. The van der Waals surface area contributed by atoms with Crippen LogP contribution in [0.1, 0.15) is 39.9 Å². The number of hydrogen-bond donors (Lipinski definition) is 0. The minimum absolute atomic E-state index is 0. The topological polar surface area (TPSA) is 120 Å². The first-order chi connectivity index (χ1) is 20.2. The molecule has 1 fully saturated rings. The number of benzene rings is 3. The van der Waals surface area contributed by atoms with Crippen molar-refractivity contribution in [2.24, 2.45) is 5.92 Å². The third-order valence-corrected chi connectivity index (χ3v) is 7.64. The maximum Gasteiger partial charge on any atom is 1.00 e. The maximum atomic E-state index is 14.7. The number of carbonyl (C=O) groups is 2. The normalized spacial score (nSPS) is 13.1. The summed E-state index contributed by atoms with van der Waals surface area (Å²) < 4.78 is 45.3. The molecule has 1 heterocycles. The first kappa shape index (κ1) is 32.4. The minimum Gasteiger partial charge on any atom is -0.545 e. The van der Waals surface area contributed by atoms with Crippen LogP contribution < -0.4 is 53.6 Å². The van der Waals surface area contributed by atoms with Crippen molar-refractivity contribution in [3.63, 3.8) is 0 Å². The summed E-state index contributed by atoms with van der Waals surface area (Å²) in [6, 6.07) is 10.2. The zero-order chi connectivity index (χ0) is 30.0. The summed E-state index contributed by atoms with van der Waals surface area (Å²) in [5.74, 6) is -1.44. The van der Waals surface area contributed by atoms with Crippen molar-refractivity contribution in [3.8, 4) is 23.0 Å². The van der Waals surface area contributed by atoms with Gasteiger partial charge in [0.25, 0.3) is 0 Å². The molecule has 1 saturated carbocycles. The zero-order valence-corrected chi connectivity index (χ0v) is 27.3. The van der Waals surface area contributed by atoms with Crippen molar-refractivity contribution in [1.29, 1.82) is 0 Å². The monoisotopic (exact) mass is 614 g/mol. The number of carboxylic acid groups (broad SMARTS) is 1. The molecule has 4 aromatic rings. The van der Waals surface area contributed by atoms with Gasteiger partial charge < -0.3 is 28.8 Å². The average Bonchev–Trinajstić information content (AvgIpc) is 3.68. The molecular weight excluding hydrogens is 586 g/mol. The summed E-state index contributed by atoms with van der Waals surface area (Å²) in [5, 5.41) is 12.8. The summed E-state index contributed by atoms with van der Waals surface area (Å²) in [6.07, 6.45) is 2.02. The number of rotatable bonds is 12. The number of hydrogen-bond acceptors (Lipinski definition) is 10. The fraction of sp³-hybridized carbons (Fsp3) is 0.290. The van der Waals surface area contributed by atoms with E-state index < -0.39 is 17.6 Å². The molecule has 0 unspecified atom stereocenters. The molecule has 1 aromatic heterocycles. The van der Waals surface area contributed by atoms with Crippen molar-refractivity contribution in [2.45, 2.75) is 26.2 Å². The standard InChI is InChI=1S/C31H29FN2O7S.Na/c1-16-9-20(14-23-28(16)34-42-33-23)27(31(36)37)21(29(35)19-7-8-24(38-2)22(32)13-19)10-18-11-25(39-3)30(26(12-18)40-4)41-15-17-5-6-17;/h7-9,11-14,17H,5-6,10,15H2,1-4H3,(H,36,37);/q;+1/p-1/b27-21+;. The van der Waals surface area contributed by atoms with Crippen LogP contribution in [0.15, 0.2) is 48.0 Å². The van der Waals surface area contributed by atoms with Gasteiger partial charge in [-0.3, -0.25) is 4.79 Å². The molecule has 0 radical (unpaired) electrons. The largest absolute Gasteiger partial charge is 1.00 e. The van der Waals surface area contributed by atoms with E-state index in [4.69, 9.17) is 18.9 Å². The van der Waals surface area contributed by atoms with E-state index in [2.05, 4.69) is 8.75 Å². The van der Waals surface area contributed by atoms with Crippen molar-refractivity contribution >= 4 is 40.1 Å². The van der Waals surface area contributed by atoms with Gasteiger partial charge in [0.1, 0.15) is 11.0 Å². The molecule has 5 rings (SSSR count). The molecule has 0 saturated heterocycles. The summed E-state index contributed by atoms with van der Waals surface area (Å²) in [7, 11) is 4.28. The Labute approximate surface area is 274 Å². The number of aliphatic carboxylic acids is 1. The number of allylic oxidation sites excluding steroid dienone is 1. The Morgan fingerprint density at radius 1 is 0.953 bits per heavy atom. The van der Waals surface area contributed by atoms with Gasteiger partial charge in [-0.25, -0.2) is 4.39 Å². The zero-order valence-electron chi connectivity index (χ0n) is 24.5. The average molecular weight is 615 g/mol. The van der Waals surface area contributed by atoms with Gasteiger partial charge in [0, 0.05) is 23.1 Å². The van der Waals surface area contributed by atoms with Gasteiger partial charge in [-0.1, -0.05) is 0 Å². The van der Waals surface area contributed by atoms with Crippen molar-refractivity contribution in [2.75, 3.05) is 27.9 Å². The summed E-state index contributed by atoms with van der Waals surface area (Å²) in [4.78, 5) is 26.8. The maximum absolute atomic E-state index is 14.7. The third-order valence-electron chi connectivity index (χ3n) is 7.10. The molecule has 0 N–H and O–H groups in total. The van der Waals surface area contributed by atoms with Crippen molar-refractivity contribution < 1.29 is 67.6 Å². The number of nitrogens with zero attached hydrogens (tertiary/aromatic N) is 2. The van der Waals surface area contributed by atoms with Gasteiger partial charge in [-0.05, 0) is 84.8 Å². The van der Waals surface area contributed by atoms with E-state index in [-0.39, 0.29) is 64.0 Å². The predicted octanol–water partition coefficient (Wildman–Crippen LogP) is 1.59. The summed E-state index contributed by atoms with van der Waals surface area (Å²) in [6.45, 7) is 2.29. The number of aromatic nitrogens is 2. The third kappa shape index (κ3) is 7.01. The molecule has 9 nitrogen and oxygen atoms in total. The van der Waals surface area contributed by atoms with Crippen molar-refractivity contribution in [1.82, 2.24) is 8.75 Å². The van der Waals surface area contributed by atoms with Gasteiger partial charge in [0.2, 0.25) is 5.75 Å². The molecule has 1 aliphatic rings. The first-order valence-electron chi connectivity index (χ1n) is 13.2. The van der Waals surface area contributed by atoms with Crippen LogP contribution in [0.2, 0.25) is 0 Å². The van der Waals surface area contributed by atoms with E-state index in [1.807, 2.05) is 0 Å². The van der Waals surface area contributed by atoms with Crippen molar-refractivity contribution in [3.05, 3.63) is 76.1 Å². The van der Waals surface area contributed by atoms with Crippen LogP contribution in [0.25, 0.3) is 16.6 Å². The Kier molecular flexibility index (Phi) is 10.4. The molecule has 12 heteroatoms. The quantitative estimate of drug-likeness (QED) is 0.133. The second kappa shape index (κ2) is 13.9. The number of aryl methyl sites for hydroxylation is 1. The van der Waals surface area contributed by atoms with Crippen LogP contribution in [0.3, 0.4) is 0 Å². The smallest absolute Gasteiger partial charge is 0.545 e. The molecule has 3 aromatic carbocycles. The number of halogens is 1. The van der Waals surface area contributed by atoms with Gasteiger partial charge in [-0.15, -0.1) is 0 Å². The van der Waals surface area contributed by atoms with Gasteiger partial charge in [0.15, 0.2) is 28.8 Å². The van der Waals surface area contributed by atoms with Crippen LogP contribution >= 0.6 is 11.7 Å². The Hall–Kier alpha value is -3.51. The predicted molar refractivity (Wildman–Crippen MR) is 153 cm³/mol. The molecule has 0 bridgehead atoms. The van der Waals surface area contributed by atoms with Crippen LogP contribution in [-0.2, 0) is 11.2 Å². The molecular formula is C31H28FN2NaO7S. The number of ketones is 1. The molecule has 0 amide bonds. The Bertz CT molecular complexity index is 1690. The van der Waals surface area contributed by atoms with Crippen LogP contribution in [0.4, 0.5) is 4.39 Å². The fourth-order valence-corrected chi connectivity index (χ4v) is 5.33. The van der Waals surface area contributed by atoms with E-state index in [0.717, 1.165) is 30.6 Å². The van der Waals surface area contributed by atoms with Gasteiger partial charge >= 0.3 is 29.6 Å². The second-order valence-electron chi connectivity index (χ2n) is 10.0. The number of ether oxygens (including phenoxy) is 4. The SMILES string of the molecule is COc1ccc(C(=O)/C(Cc2cc(OC)c(OCC3CC3)c(OC)c2)=C(/C(=O)[O-])c2cc(C)c3nsnc3c2)cc1F.[Na+]. The molecule has 218 valence electrons. The van der Waals surface area contributed by atoms with Crippen LogP contribution in [-0.4, -0.2) is 48.4 Å². The molecule has 0 spiro atoms. The van der Waals surface area contributed by atoms with E-state index in [9.17, 15) is 19.1 Å². The number of carbonyl (C=O) groups excluding carboxylic acids is 2. The Morgan fingerprint density at radius 3 is 2.21 bits per heavy atom. The molecule has 0 atom stereocenters. The fourth-order valence-electron chi connectivity index (χ4n) is 4.75. The summed E-state index contributed by atoms with van der Waals surface area (Å²) >= 11 is 0.995. The van der Waals surface area contributed by atoms with E-state index in [1.165, 1.54) is 33.5 Å². The molecule has 1 aliphatic carbocycles. The number of carboxylic acids is 1.